The largest absolute Gasteiger partial charge is 0.463 e. The molecule has 0 saturated carbocycles. The Morgan fingerprint density at radius 1 is 0.639 bits per heavy atom. The number of aliphatic hydroxyl groups is 3. The quantitative estimate of drug-likeness (QED) is 0.211. The molecule has 2 fully saturated rings. The average molecular weight is 524 g/mol. The van der Waals surface area contributed by atoms with E-state index >= 15 is 0 Å². The Morgan fingerprint density at radius 2 is 1.17 bits per heavy atom. The Bertz CT molecular complexity index is 785. The molecule has 0 aromatic carbocycles. The van der Waals surface area contributed by atoms with Crippen LogP contribution in [0, 0.1) is 0 Å². The molecule has 2 aliphatic heterocycles. The van der Waals surface area contributed by atoms with Crippen molar-refractivity contribution in [2.45, 2.75) is 89.1 Å². The molecule has 15 nitrogen and oxygen atoms in total. The van der Waals surface area contributed by atoms with E-state index in [4.69, 9.17) is 37.9 Å². The van der Waals surface area contributed by atoms with Crippen LogP contribution in [0.2, 0.25) is 0 Å². The van der Waals surface area contributed by atoms with Crippen LogP contribution in [0.1, 0.15) is 27.7 Å². The topological polar surface area (TPSA) is 203 Å². The highest BCUT2D eigenvalue weighted by molar-refractivity contribution is 5.68. The predicted molar refractivity (Wildman–Crippen MR) is 112 cm³/mol. The van der Waals surface area contributed by atoms with Gasteiger partial charge in [0.25, 0.3) is 0 Å². The van der Waals surface area contributed by atoms with Gasteiger partial charge in [0, 0.05) is 34.8 Å². The summed E-state index contributed by atoms with van der Waals surface area (Å²) in [5, 5.41) is 30.3. The molecule has 2 heterocycles. The molecular weight excluding hydrogens is 492 g/mol. The van der Waals surface area contributed by atoms with E-state index in [0.29, 0.717) is 0 Å². The number of carbonyl (C=O) groups excluding carboxylic acids is 4. The summed E-state index contributed by atoms with van der Waals surface area (Å²) in [7, 11) is 1.22. The lowest BCUT2D eigenvalue weighted by Crippen LogP contribution is -2.64. The van der Waals surface area contributed by atoms with Crippen molar-refractivity contribution in [1.29, 1.82) is 0 Å². The molecule has 10 unspecified atom stereocenters. The maximum Gasteiger partial charge on any atom is 0.303 e. The second-order valence-corrected chi connectivity index (χ2v) is 8.15. The van der Waals surface area contributed by atoms with E-state index in [2.05, 4.69) is 0 Å². The van der Waals surface area contributed by atoms with Crippen LogP contribution < -0.4 is 0 Å². The van der Waals surface area contributed by atoms with Crippen LogP contribution >= 0.6 is 0 Å². The predicted octanol–water partition coefficient (Wildman–Crippen LogP) is -2.46. The van der Waals surface area contributed by atoms with E-state index in [1.54, 1.807) is 0 Å². The fourth-order valence-electron chi connectivity index (χ4n) is 3.76. The van der Waals surface area contributed by atoms with Crippen LogP contribution in [-0.2, 0) is 57.1 Å². The molecule has 0 radical (unpaired) electrons. The maximum atomic E-state index is 11.8. The van der Waals surface area contributed by atoms with Gasteiger partial charge in [0.15, 0.2) is 30.9 Å². The molecule has 206 valence electrons. The lowest BCUT2D eigenvalue weighted by atomic mass is 9.97. The van der Waals surface area contributed by atoms with Gasteiger partial charge < -0.3 is 53.2 Å². The third-order valence-corrected chi connectivity index (χ3v) is 5.27. The normalized spacial score (nSPS) is 36.4. The van der Waals surface area contributed by atoms with E-state index in [-0.39, 0.29) is 0 Å². The third kappa shape index (κ3) is 7.80. The van der Waals surface area contributed by atoms with Crippen molar-refractivity contribution < 1.29 is 72.4 Å². The lowest BCUT2D eigenvalue weighted by Gasteiger charge is -2.45. The fourth-order valence-corrected chi connectivity index (χ4v) is 3.76. The average Bonchev–Trinajstić information content (AvgIpc) is 2.78. The molecule has 2 saturated heterocycles. The van der Waals surface area contributed by atoms with Crippen LogP contribution in [-0.4, -0.2) is 121 Å². The molecule has 2 rings (SSSR count). The van der Waals surface area contributed by atoms with Crippen LogP contribution in [0.15, 0.2) is 0 Å². The molecule has 0 aromatic rings. The number of esters is 4. The summed E-state index contributed by atoms with van der Waals surface area (Å²) >= 11 is 0. The molecule has 0 bridgehead atoms. The number of rotatable bonds is 9. The Hall–Kier alpha value is -2.40. The summed E-state index contributed by atoms with van der Waals surface area (Å²) in [6.45, 7) is 3.44. The molecular formula is C21H32O15. The van der Waals surface area contributed by atoms with Crippen molar-refractivity contribution in [3.63, 3.8) is 0 Å². The lowest BCUT2D eigenvalue weighted by molar-refractivity contribution is -0.330. The zero-order chi connectivity index (χ0) is 27.2. The van der Waals surface area contributed by atoms with Crippen LogP contribution in [0.3, 0.4) is 0 Å². The van der Waals surface area contributed by atoms with Crippen molar-refractivity contribution in [2.24, 2.45) is 0 Å². The molecule has 0 spiro atoms. The molecule has 3 N–H and O–H groups in total. The van der Waals surface area contributed by atoms with Crippen LogP contribution in [0.5, 0.6) is 0 Å². The maximum absolute atomic E-state index is 11.8. The molecule has 0 amide bonds. The summed E-state index contributed by atoms with van der Waals surface area (Å²) in [5.41, 5.74) is 0. The minimum atomic E-state index is -1.63. The molecule has 0 aliphatic carbocycles. The summed E-state index contributed by atoms with van der Waals surface area (Å²) in [6.07, 6.45) is -14.3. The van der Waals surface area contributed by atoms with E-state index in [0.717, 1.165) is 27.7 Å². The van der Waals surface area contributed by atoms with Gasteiger partial charge in [-0.05, 0) is 0 Å². The van der Waals surface area contributed by atoms with E-state index in [1.165, 1.54) is 7.11 Å². The summed E-state index contributed by atoms with van der Waals surface area (Å²) in [4.78, 5) is 46.8. The van der Waals surface area contributed by atoms with Gasteiger partial charge in [0.1, 0.15) is 37.1 Å². The second-order valence-electron chi connectivity index (χ2n) is 8.15. The van der Waals surface area contributed by atoms with Gasteiger partial charge in [0.05, 0.1) is 6.61 Å². The summed E-state index contributed by atoms with van der Waals surface area (Å²) in [5.74, 6) is -3.10. The minimum absolute atomic E-state index is 0.448. The Morgan fingerprint density at radius 3 is 1.69 bits per heavy atom. The number of ether oxygens (including phenoxy) is 8. The fraction of sp³-hybridized carbons (Fsp3) is 0.810. The standard InChI is InChI=1S/C21H32O15/c1-8(22)30-7-13-17(32-9(2)23)18(33-10(3)24)19(34-11(4)25)21(36-13)31-6-12-14(26)15(27)16(28)20(29-5)35-12/h12-21,26-28H,6-7H2,1-5H3. The zero-order valence-corrected chi connectivity index (χ0v) is 20.4. The highest BCUT2D eigenvalue weighted by Crippen LogP contribution is 2.31. The summed E-state index contributed by atoms with van der Waals surface area (Å²) < 4.78 is 42.6. The number of hydrogen-bond donors (Lipinski definition) is 3. The van der Waals surface area contributed by atoms with Crippen molar-refractivity contribution in [3.8, 4) is 0 Å². The molecule has 15 heteroatoms. The molecule has 0 aromatic heterocycles. The Kier molecular flexibility index (Phi) is 11.0. The number of methoxy groups -OCH3 is 1. The minimum Gasteiger partial charge on any atom is -0.463 e. The molecule has 10 atom stereocenters. The van der Waals surface area contributed by atoms with E-state index < -0.39 is 98.5 Å². The second kappa shape index (κ2) is 13.2. The number of aliphatic hydroxyl groups excluding tert-OH is 3. The van der Waals surface area contributed by atoms with Crippen molar-refractivity contribution in [3.05, 3.63) is 0 Å². The number of hydrogen-bond acceptors (Lipinski definition) is 15. The first kappa shape index (κ1) is 29.8. The smallest absolute Gasteiger partial charge is 0.303 e. The molecule has 2 aliphatic rings. The monoisotopic (exact) mass is 524 g/mol. The van der Waals surface area contributed by atoms with Gasteiger partial charge in [-0.3, -0.25) is 19.2 Å². The van der Waals surface area contributed by atoms with Crippen LogP contribution in [0.25, 0.3) is 0 Å². The number of carbonyl (C=O) groups is 4. The van der Waals surface area contributed by atoms with Gasteiger partial charge in [-0.15, -0.1) is 0 Å². The van der Waals surface area contributed by atoms with E-state index in [1.807, 2.05) is 0 Å². The van der Waals surface area contributed by atoms with Gasteiger partial charge in [0.2, 0.25) is 0 Å². The van der Waals surface area contributed by atoms with Crippen LogP contribution in [0.4, 0.5) is 0 Å². The summed E-state index contributed by atoms with van der Waals surface area (Å²) in [6, 6.07) is 0. The highest BCUT2D eigenvalue weighted by atomic mass is 16.7. The van der Waals surface area contributed by atoms with Gasteiger partial charge in [-0.2, -0.15) is 0 Å². The van der Waals surface area contributed by atoms with Gasteiger partial charge >= 0.3 is 23.9 Å². The van der Waals surface area contributed by atoms with E-state index in [9.17, 15) is 34.5 Å². The van der Waals surface area contributed by atoms with Crippen molar-refractivity contribution in [2.75, 3.05) is 20.3 Å². The third-order valence-electron chi connectivity index (χ3n) is 5.27. The first-order valence-electron chi connectivity index (χ1n) is 11.0. The van der Waals surface area contributed by atoms with Gasteiger partial charge in [-0.1, -0.05) is 0 Å². The highest BCUT2D eigenvalue weighted by Gasteiger charge is 2.53. The molecule has 36 heavy (non-hydrogen) atoms. The van der Waals surface area contributed by atoms with Crippen molar-refractivity contribution in [1.82, 2.24) is 0 Å². The Balaban J connectivity index is 2.33. The SMILES string of the molecule is COC1OC(COC2OC(COC(C)=O)C(OC(C)=O)C(OC(C)=O)C2OC(C)=O)C(O)C(O)C1O. The Labute approximate surface area is 206 Å². The zero-order valence-electron chi connectivity index (χ0n) is 20.4. The first-order chi connectivity index (χ1) is 16.8. The first-order valence-corrected chi connectivity index (χ1v) is 11.0. The van der Waals surface area contributed by atoms with Gasteiger partial charge in [-0.25, -0.2) is 0 Å². The van der Waals surface area contributed by atoms with Crippen molar-refractivity contribution >= 4 is 23.9 Å².